The molecule has 0 unspecified atom stereocenters. The molecule has 1 aliphatic rings. The lowest BCUT2D eigenvalue weighted by molar-refractivity contribution is -0.142. The van der Waals surface area contributed by atoms with Gasteiger partial charge < -0.3 is 20.1 Å². The van der Waals surface area contributed by atoms with Crippen LogP contribution in [0, 0.1) is 0 Å². The van der Waals surface area contributed by atoms with Gasteiger partial charge in [0.1, 0.15) is 6.04 Å². The van der Waals surface area contributed by atoms with E-state index in [9.17, 15) is 9.59 Å². The Kier molecular flexibility index (Phi) is 5.66. The fourth-order valence-corrected chi connectivity index (χ4v) is 2.73. The molecule has 116 valence electrons. The largest absolute Gasteiger partial charge is 0.466 e. The Hall–Kier alpha value is -1.51. The van der Waals surface area contributed by atoms with Crippen molar-refractivity contribution in [2.75, 3.05) is 25.1 Å². The minimum Gasteiger partial charge on any atom is -0.466 e. The summed E-state index contributed by atoms with van der Waals surface area (Å²) < 4.78 is 10.3. The predicted octanol–water partition coefficient (Wildman–Crippen LogP) is 0.564. The summed E-state index contributed by atoms with van der Waals surface area (Å²) in [6.45, 7) is 5.20. The van der Waals surface area contributed by atoms with Crippen LogP contribution in [0.1, 0.15) is 19.5 Å². The van der Waals surface area contributed by atoms with Gasteiger partial charge in [0.25, 0.3) is 0 Å². The second kappa shape index (κ2) is 7.48. The molecule has 2 rings (SSSR count). The minimum absolute atomic E-state index is 0.113. The first-order valence-electron chi connectivity index (χ1n) is 6.86. The van der Waals surface area contributed by atoms with Crippen molar-refractivity contribution in [2.45, 2.75) is 32.4 Å². The average molecular weight is 313 g/mol. The molecule has 21 heavy (non-hydrogen) atoms. The standard InChI is InChI=1S/C13H19N3O4S/c1-3-19-10(17)6-9-7-21-13(15-9)16-12(18)11-8(2)20-5-4-14-11/h7-8,11,14H,3-6H2,1-2H3,(H,15,16,18)/t8-,11+/m1/s1. The zero-order valence-corrected chi connectivity index (χ0v) is 12.9. The summed E-state index contributed by atoms with van der Waals surface area (Å²) in [6, 6.07) is -0.392. The molecule has 2 heterocycles. The van der Waals surface area contributed by atoms with E-state index in [0.717, 1.165) is 0 Å². The number of morpholine rings is 1. The lowest BCUT2D eigenvalue weighted by Gasteiger charge is -2.28. The summed E-state index contributed by atoms with van der Waals surface area (Å²) in [5.74, 6) is -0.504. The van der Waals surface area contributed by atoms with E-state index in [1.165, 1.54) is 11.3 Å². The topological polar surface area (TPSA) is 89.5 Å². The number of amides is 1. The van der Waals surface area contributed by atoms with Gasteiger partial charge in [-0.1, -0.05) is 0 Å². The Labute approximate surface area is 127 Å². The van der Waals surface area contributed by atoms with Gasteiger partial charge in [0.2, 0.25) is 5.91 Å². The van der Waals surface area contributed by atoms with Crippen LogP contribution in [-0.2, 0) is 25.5 Å². The molecule has 1 aromatic rings. The number of nitrogens with one attached hydrogen (secondary N) is 2. The number of esters is 1. The highest BCUT2D eigenvalue weighted by Crippen LogP contribution is 2.17. The Morgan fingerprint density at radius 1 is 1.62 bits per heavy atom. The first-order valence-corrected chi connectivity index (χ1v) is 7.74. The molecule has 0 bridgehead atoms. The molecule has 2 atom stereocenters. The van der Waals surface area contributed by atoms with E-state index < -0.39 is 6.04 Å². The number of carbonyl (C=O) groups is 2. The lowest BCUT2D eigenvalue weighted by Crippen LogP contribution is -2.53. The fraction of sp³-hybridized carbons (Fsp3) is 0.615. The number of hydrogen-bond acceptors (Lipinski definition) is 7. The molecule has 1 aromatic heterocycles. The van der Waals surface area contributed by atoms with Crippen molar-refractivity contribution in [3.8, 4) is 0 Å². The molecule has 8 heteroatoms. The highest BCUT2D eigenvalue weighted by molar-refractivity contribution is 7.13. The second-order valence-electron chi connectivity index (χ2n) is 4.62. The van der Waals surface area contributed by atoms with Crippen LogP contribution in [0.4, 0.5) is 5.13 Å². The van der Waals surface area contributed by atoms with Crippen LogP contribution < -0.4 is 10.6 Å². The number of hydrogen-bond donors (Lipinski definition) is 2. The number of anilines is 1. The van der Waals surface area contributed by atoms with Crippen LogP contribution in [0.2, 0.25) is 0 Å². The summed E-state index contributed by atoms with van der Waals surface area (Å²) in [5, 5.41) is 8.06. The monoisotopic (exact) mass is 313 g/mol. The highest BCUT2D eigenvalue weighted by atomic mass is 32.1. The van der Waals surface area contributed by atoms with E-state index in [1.807, 2.05) is 6.92 Å². The van der Waals surface area contributed by atoms with E-state index in [-0.39, 0.29) is 24.4 Å². The van der Waals surface area contributed by atoms with Gasteiger partial charge in [-0.05, 0) is 13.8 Å². The van der Waals surface area contributed by atoms with Crippen LogP contribution in [0.5, 0.6) is 0 Å². The van der Waals surface area contributed by atoms with Gasteiger partial charge in [-0.2, -0.15) is 0 Å². The maximum Gasteiger partial charge on any atom is 0.311 e. The molecule has 2 N–H and O–H groups in total. The Bertz CT molecular complexity index is 505. The summed E-state index contributed by atoms with van der Waals surface area (Å²) >= 11 is 1.28. The van der Waals surface area contributed by atoms with Crippen molar-refractivity contribution in [1.82, 2.24) is 10.3 Å². The van der Waals surface area contributed by atoms with Gasteiger partial charge in [-0.15, -0.1) is 11.3 Å². The molecule has 1 fully saturated rings. The van der Waals surface area contributed by atoms with Crippen molar-refractivity contribution in [1.29, 1.82) is 0 Å². The zero-order chi connectivity index (χ0) is 15.2. The number of thiazole rings is 1. The van der Waals surface area contributed by atoms with E-state index in [2.05, 4.69) is 15.6 Å². The Balaban J connectivity index is 1.89. The second-order valence-corrected chi connectivity index (χ2v) is 5.48. The summed E-state index contributed by atoms with van der Waals surface area (Å²) in [4.78, 5) is 27.7. The maximum atomic E-state index is 12.1. The van der Waals surface area contributed by atoms with Crippen LogP contribution in [0.3, 0.4) is 0 Å². The van der Waals surface area contributed by atoms with Crippen LogP contribution >= 0.6 is 11.3 Å². The number of carbonyl (C=O) groups excluding carboxylic acids is 2. The summed E-state index contributed by atoms with van der Waals surface area (Å²) in [5.41, 5.74) is 0.592. The molecule has 1 aliphatic heterocycles. The molecular formula is C13H19N3O4S. The molecule has 0 aliphatic carbocycles. The van der Waals surface area contributed by atoms with Crippen LogP contribution in [0.15, 0.2) is 5.38 Å². The van der Waals surface area contributed by atoms with Crippen LogP contribution in [-0.4, -0.2) is 48.8 Å². The average Bonchev–Trinajstić information content (AvgIpc) is 2.86. The third-order valence-electron chi connectivity index (χ3n) is 3.01. The number of aromatic nitrogens is 1. The molecule has 0 spiro atoms. The molecule has 0 aromatic carbocycles. The van der Waals surface area contributed by atoms with Gasteiger partial charge in [-0.3, -0.25) is 9.59 Å². The highest BCUT2D eigenvalue weighted by Gasteiger charge is 2.28. The first kappa shape index (κ1) is 15.9. The molecule has 1 saturated heterocycles. The number of nitrogens with zero attached hydrogens (tertiary/aromatic N) is 1. The quantitative estimate of drug-likeness (QED) is 0.772. The molecule has 0 saturated carbocycles. The minimum atomic E-state index is -0.392. The molecular weight excluding hydrogens is 294 g/mol. The zero-order valence-electron chi connectivity index (χ0n) is 12.0. The van der Waals surface area contributed by atoms with Crippen molar-refractivity contribution in [3.05, 3.63) is 11.1 Å². The predicted molar refractivity (Wildman–Crippen MR) is 78.3 cm³/mol. The van der Waals surface area contributed by atoms with Crippen molar-refractivity contribution in [2.24, 2.45) is 0 Å². The van der Waals surface area contributed by atoms with E-state index in [1.54, 1.807) is 12.3 Å². The summed E-state index contributed by atoms with van der Waals surface area (Å²) in [6.07, 6.45) is -0.0702. The van der Waals surface area contributed by atoms with Gasteiger partial charge >= 0.3 is 5.97 Å². The third-order valence-corrected chi connectivity index (χ3v) is 3.82. The van der Waals surface area contributed by atoms with E-state index in [4.69, 9.17) is 9.47 Å². The van der Waals surface area contributed by atoms with Crippen molar-refractivity contribution < 1.29 is 19.1 Å². The number of ether oxygens (including phenoxy) is 2. The maximum absolute atomic E-state index is 12.1. The first-order chi connectivity index (χ1) is 10.1. The summed E-state index contributed by atoms with van der Waals surface area (Å²) in [7, 11) is 0. The number of rotatable bonds is 5. The molecule has 1 amide bonds. The SMILES string of the molecule is CCOC(=O)Cc1csc(NC(=O)[C@H]2NCCO[C@@H]2C)n1. The van der Waals surface area contributed by atoms with Gasteiger partial charge in [0.15, 0.2) is 5.13 Å². The normalized spacial score (nSPS) is 21.8. The van der Waals surface area contributed by atoms with Gasteiger partial charge in [-0.25, -0.2) is 4.98 Å². The van der Waals surface area contributed by atoms with Gasteiger partial charge in [0, 0.05) is 11.9 Å². The van der Waals surface area contributed by atoms with Crippen LogP contribution in [0.25, 0.3) is 0 Å². The van der Waals surface area contributed by atoms with E-state index in [0.29, 0.717) is 30.6 Å². The fourth-order valence-electron chi connectivity index (χ4n) is 2.02. The Morgan fingerprint density at radius 2 is 2.43 bits per heavy atom. The molecule has 0 radical (unpaired) electrons. The van der Waals surface area contributed by atoms with Gasteiger partial charge in [0.05, 0.1) is 31.4 Å². The van der Waals surface area contributed by atoms with E-state index >= 15 is 0 Å². The smallest absolute Gasteiger partial charge is 0.311 e. The Morgan fingerprint density at radius 3 is 3.14 bits per heavy atom. The lowest BCUT2D eigenvalue weighted by atomic mass is 10.1. The van der Waals surface area contributed by atoms with Crippen molar-refractivity contribution >= 4 is 28.3 Å². The third kappa shape index (κ3) is 4.48. The van der Waals surface area contributed by atoms with Crippen molar-refractivity contribution in [3.63, 3.8) is 0 Å². The molecule has 7 nitrogen and oxygen atoms in total.